The van der Waals surface area contributed by atoms with E-state index in [1.165, 1.54) is 6.08 Å². The molecule has 2 aromatic carbocycles. The fourth-order valence-corrected chi connectivity index (χ4v) is 3.25. The number of aryl methyl sites for hydroxylation is 3. The minimum absolute atomic E-state index is 0.0277. The Bertz CT molecular complexity index is 1140. The van der Waals surface area contributed by atoms with E-state index in [1.807, 2.05) is 51.1 Å². The Morgan fingerprint density at radius 2 is 1.83 bits per heavy atom. The summed E-state index contributed by atoms with van der Waals surface area (Å²) in [5.41, 5.74) is 6.30. The third-order valence-corrected chi connectivity index (χ3v) is 5.09. The molecule has 7 nitrogen and oxygen atoms in total. The summed E-state index contributed by atoms with van der Waals surface area (Å²) in [4.78, 5) is 29.9. The van der Waals surface area contributed by atoms with Gasteiger partial charge in [0.2, 0.25) is 5.89 Å². The average molecular weight is 391 g/mol. The quantitative estimate of drug-likeness (QED) is 0.649. The lowest BCUT2D eigenvalue weighted by atomic mass is 10.1. The maximum Gasteiger partial charge on any atom is 0.277 e. The predicted molar refractivity (Wildman–Crippen MR) is 109 cm³/mol. The van der Waals surface area contributed by atoms with Gasteiger partial charge in [-0.3, -0.25) is 14.5 Å². The molecule has 1 aliphatic heterocycles. The van der Waals surface area contributed by atoms with Gasteiger partial charge in [0, 0.05) is 17.3 Å². The molecule has 0 saturated heterocycles. The number of aliphatic hydroxyl groups is 1. The molecular weight excluding hydrogens is 370 g/mol. The number of anilines is 1. The number of imide groups is 1. The molecule has 2 amide bonds. The lowest BCUT2D eigenvalue weighted by molar-refractivity contribution is -0.137. The normalized spacial score (nSPS) is 14.1. The highest BCUT2D eigenvalue weighted by Gasteiger charge is 2.30. The molecule has 0 unspecified atom stereocenters. The second-order valence-corrected chi connectivity index (χ2v) is 7.15. The minimum atomic E-state index is -0.457. The van der Waals surface area contributed by atoms with Crippen LogP contribution in [0.25, 0.3) is 22.6 Å². The van der Waals surface area contributed by atoms with Gasteiger partial charge < -0.3 is 14.8 Å². The van der Waals surface area contributed by atoms with Gasteiger partial charge in [0.1, 0.15) is 11.2 Å². The molecule has 3 aromatic rings. The van der Waals surface area contributed by atoms with Crippen molar-refractivity contribution in [3.05, 3.63) is 58.8 Å². The Hall–Kier alpha value is -3.45. The van der Waals surface area contributed by atoms with Crippen molar-refractivity contribution >= 4 is 28.6 Å². The first-order valence-electron chi connectivity index (χ1n) is 9.31. The van der Waals surface area contributed by atoms with Crippen molar-refractivity contribution in [1.82, 2.24) is 9.88 Å². The predicted octanol–water partition coefficient (Wildman–Crippen LogP) is 3.08. The summed E-state index contributed by atoms with van der Waals surface area (Å²) in [5, 5.41) is 12.1. The molecule has 2 N–H and O–H groups in total. The highest BCUT2D eigenvalue weighted by atomic mass is 16.3. The van der Waals surface area contributed by atoms with Crippen molar-refractivity contribution in [2.24, 2.45) is 0 Å². The Morgan fingerprint density at radius 3 is 2.59 bits per heavy atom. The number of hydrogen-bond donors (Lipinski definition) is 2. The number of aliphatic hydroxyl groups excluding tert-OH is 1. The van der Waals surface area contributed by atoms with Gasteiger partial charge in [-0.15, -0.1) is 0 Å². The summed E-state index contributed by atoms with van der Waals surface area (Å²) in [5.74, 6) is -0.413. The van der Waals surface area contributed by atoms with Gasteiger partial charge in [-0.2, -0.15) is 0 Å². The molecule has 7 heteroatoms. The lowest BCUT2D eigenvalue weighted by Crippen LogP contribution is -2.34. The number of hydrogen-bond acceptors (Lipinski definition) is 6. The lowest BCUT2D eigenvalue weighted by Gasteiger charge is -2.14. The summed E-state index contributed by atoms with van der Waals surface area (Å²) < 4.78 is 5.93. The number of carbonyl (C=O) groups is 2. The Labute approximate surface area is 167 Å². The highest BCUT2D eigenvalue weighted by Crippen LogP contribution is 2.30. The molecule has 0 saturated carbocycles. The van der Waals surface area contributed by atoms with Crippen LogP contribution in [0, 0.1) is 20.8 Å². The first-order chi connectivity index (χ1) is 13.9. The molecule has 29 heavy (non-hydrogen) atoms. The summed E-state index contributed by atoms with van der Waals surface area (Å²) in [6.07, 6.45) is 1.25. The Kier molecular flexibility index (Phi) is 4.68. The molecular formula is C22H21N3O4. The van der Waals surface area contributed by atoms with Gasteiger partial charge in [-0.1, -0.05) is 6.07 Å². The zero-order valence-electron chi connectivity index (χ0n) is 16.4. The number of amides is 2. The van der Waals surface area contributed by atoms with Gasteiger partial charge in [0.25, 0.3) is 11.8 Å². The zero-order valence-corrected chi connectivity index (χ0v) is 16.4. The number of nitrogens with one attached hydrogen (secondary N) is 1. The van der Waals surface area contributed by atoms with E-state index in [-0.39, 0.29) is 18.8 Å². The number of oxazole rings is 1. The van der Waals surface area contributed by atoms with Crippen LogP contribution < -0.4 is 5.32 Å². The number of rotatable bonds is 5. The van der Waals surface area contributed by atoms with Gasteiger partial charge in [-0.25, -0.2) is 4.98 Å². The van der Waals surface area contributed by atoms with Crippen molar-refractivity contribution in [3.63, 3.8) is 0 Å². The average Bonchev–Trinajstić information content (AvgIpc) is 3.20. The van der Waals surface area contributed by atoms with Crippen LogP contribution in [-0.2, 0) is 9.59 Å². The van der Waals surface area contributed by atoms with Crippen LogP contribution in [0.15, 0.2) is 46.5 Å². The first-order valence-corrected chi connectivity index (χ1v) is 9.31. The molecule has 1 aliphatic rings. The van der Waals surface area contributed by atoms with Crippen molar-refractivity contribution in [1.29, 1.82) is 0 Å². The molecule has 0 spiro atoms. The summed E-state index contributed by atoms with van der Waals surface area (Å²) in [6.45, 7) is 5.66. The number of benzene rings is 2. The van der Waals surface area contributed by atoms with Crippen LogP contribution in [-0.4, -0.2) is 40.0 Å². The number of aromatic nitrogens is 1. The summed E-state index contributed by atoms with van der Waals surface area (Å²) in [7, 11) is 0. The SMILES string of the molecule is Cc1cc2nc(-c3ccc(C)c(NC4=CC(=O)N(CCO)C4=O)c3)oc2cc1C. The maximum absolute atomic E-state index is 12.4. The van der Waals surface area contributed by atoms with Crippen LogP contribution in [0.3, 0.4) is 0 Å². The molecule has 0 radical (unpaired) electrons. The summed E-state index contributed by atoms with van der Waals surface area (Å²) in [6, 6.07) is 9.61. The van der Waals surface area contributed by atoms with Crippen LogP contribution in [0.4, 0.5) is 5.69 Å². The third kappa shape index (κ3) is 3.40. The molecule has 0 aliphatic carbocycles. The second-order valence-electron chi connectivity index (χ2n) is 7.15. The van der Waals surface area contributed by atoms with Gasteiger partial charge in [-0.05, 0) is 61.7 Å². The van der Waals surface area contributed by atoms with Crippen LogP contribution >= 0.6 is 0 Å². The van der Waals surface area contributed by atoms with E-state index >= 15 is 0 Å². The van der Waals surface area contributed by atoms with Gasteiger partial charge >= 0.3 is 0 Å². The monoisotopic (exact) mass is 391 g/mol. The molecule has 0 atom stereocenters. The Morgan fingerprint density at radius 1 is 1.07 bits per heavy atom. The number of carbonyl (C=O) groups excluding carboxylic acids is 2. The van der Waals surface area contributed by atoms with Crippen molar-refractivity contribution < 1.29 is 19.1 Å². The van der Waals surface area contributed by atoms with Crippen molar-refractivity contribution in [2.75, 3.05) is 18.5 Å². The molecule has 0 bridgehead atoms. The van der Waals surface area contributed by atoms with Crippen LogP contribution in [0.5, 0.6) is 0 Å². The molecule has 2 heterocycles. The number of β-amino-alcohol motifs (C(OH)–C–C–N with tert-alkyl or cyclic N) is 1. The Balaban J connectivity index is 1.66. The smallest absolute Gasteiger partial charge is 0.277 e. The maximum atomic E-state index is 12.4. The highest BCUT2D eigenvalue weighted by molar-refractivity contribution is 6.17. The van der Waals surface area contributed by atoms with Gasteiger partial charge in [0.05, 0.1) is 13.2 Å². The fourth-order valence-electron chi connectivity index (χ4n) is 3.25. The summed E-state index contributed by atoms with van der Waals surface area (Å²) >= 11 is 0. The van der Waals surface area contributed by atoms with E-state index < -0.39 is 11.8 Å². The largest absolute Gasteiger partial charge is 0.436 e. The van der Waals surface area contributed by atoms with E-state index in [2.05, 4.69) is 10.3 Å². The van der Waals surface area contributed by atoms with E-state index in [0.717, 1.165) is 38.3 Å². The van der Waals surface area contributed by atoms with E-state index in [9.17, 15) is 9.59 Å². The van der Waals surface area contributed by atoms with Crippen LogP contribution in [0.2, 0.25) is 0 Å². The minimum Gasteiger partial charge on any atom is -0.436 e. The van der Waals surface area contributed by atoms with Crippen LogP contribution in [0.1, 0.15) is 16.7 Å². The standard InChI is InChI=1S/C22H21N3O4/c1-12-4-5-15(21-24-17-8-13(2)14(3)9-19(17)29-21)10-16(12)23-18-11-20(27)25(6-7-26)22(18)28/h4-5,8-11,23,26H,6-7H2,1-3H3. The molecule has 1 aromatic heterocycles. The number of nitrogens with zero attached hydrogens (tertiary/aromatic N) is 2. The molecule has 4 rings (SSSR count). The van der Waals surface area contributed by atoms with E-state index in [0.29, 0.717) is 11.6 Å². The third-order valence-electron chi connectivity index (χ3n) is 5.09. The van der Waals surface area contributed by atoms with Crippen molar-refractivity contribution in [3.8, 4) is 11.5 Å². The van der Waals surface area contributed by atoms with E-state index in [1.54, 1.807) is 0 Å². The first kappa shape index (κ1) is 18.9. The molecule has 148 valence electrons. The van der Waals surface area contributed by atoms with E-state index in [4.69, 9.17) is 9.52 Å². The van der Waals surface area contributed by atoms with Crippen molar-refractivity contribution in [2.45, 2.75) is 20.8 Å². The topological polar surface area (TPSA) is 95.7 Å². The molecule has 0 fully saturated rings. The zero-order chi connectivity index (χ0) is 20.7. The van der Waals surface area contributed by atoms with Gasteiger partial charge in [0.15, 0.2) is 5.58 Å². The second kappa shape index (κ2) is 7.18. The fraction of sp³-hybridized carbons (Fsp3) is 0.227. The number of fused-ring (bicyclic) bond motifs is 1.